The van der Waals surface area contributed by atoms with Crippen molar-refractivity contribution >= 4 is 8.41 Å². The Hall–Kier alpha value is -0.475. The van der Waals surface area contributed by atoms with Gasteiger partial charge in [-0.1, -0.05) is 27.4 Å². The minimum atomic E-state index is 0. The molecule has 0 spiro atoms. The van der Waals surface area contributed by atoms with E-state index in [-0.39, 0.29) is 22.0 Å². The predicted molar refractivity (Wildman–Crippen MR) is 63.0 cm³/mol. The molecular weight excluding hydrogens is 161 g/mol. The summed E-state index contributed by atoms with van der Waals surface area (Å²) in [4.78, 5) is 0. The van der Waals surface area contributed by atoms with Crippen LogP contribution in [0.4, 0.5) is 0 Å². The number of hydrogen-bond donors (Lipinski definition) is 2. The minimum Gasteiger partial charge on any atom is -0.344 e. The average molecular weight is 186 g/mol. The number of hydrogen-bond acceptors (Lipinski definition) is 3. The predicted octanol–water partition coefficient (Wildman–Crippen LogP) is 2.17. The number of rotatable bonds is 1. The zero-order chi connectivity index (χ0) is 7.98. The molecule has 79 valence electrons. The smallest absolute Gasteiger partial charge is 0.0379 e. The van der Waals surface area contributed by atoms with Crippen LogP contribution < -0.4 is 11.6 Å². The van der Waals surface area contributed by atoms with Gasteiger partial charge in [0.1, 0.15) is 0 Å². The topological polar surface area (TPSA) is 50.3 Å². The van der Waals surface area contributed by atoms with Crippen LogP contribution in [0, 0.1) is 0 Å². The van der Waals surface area contributed by atoms with Crippen LogP contribution in [-0.4, -0.2) is 26.0 Å². The monoisotopic (exact) mass is 186 g/mol. The quantitative estimate of drug-likeness (QED) is 0.617. The summed E-state index contributed by atoms with van der Waals surface area (Å²) in [7, 11) is 0. The highest BCUT2D eigenvalue weighted by molar-refractivity contribution is 5.75. The fraction of sp³-hybridized carbons (Fsp3) is 0.778. The third-order valence-corrected chi connectivity index (χ3v) is 1.28. The van der Waals surface area contributed by atoms with E-state index in [1.54, 1.807) is 0 Å². The lowest BCUT2D eigenvalue weighted by Gasteiger charge is -2.19. The summed E-state index contributed by atoms with van der Waals surface area (Å²) in [5.74, 6) is 0. The maximum absolute atomic E-state index is 3.11. The van der Waals surface area contributed by atoms with Crippen LogP contribution in [0.5, 0.6) is 0 Å². The van der Waals surface area contributed by atoms with Crippen molar-refractivity contribution in [3.8, 4) is 0 Å². The van der Waals surface area contributed by atoms with Crippen LogP contribution in [0.25, 0.3) is 0 Å². The Kier molecular flexibility index (Phi) is 24.8. The van der Waals surface area contributed by atoms with Gasteiger partial charge in [0.15, 0.2) is 0 Å². The first kappa shape index (κ1) is 22.9. The number of nitrogens with one attached hydrogen (secondary N) is 1. The van der Waals surface area contributed by atoms with E-state index in [4.69, 9.17) is 0 Å². The second-order valence-electron chi connectivity index (χ2n) is 2.28. The van der Waals surface area contributed by atoms with E-state index in [1.165, 1.54) is 0 Å². The van der Waals surface area contributed by atoms with Crippen LogP contribution in [0.15, 0.2) is 12.3 Å². The fourth-order valence-corrected chi connectivity index (χ4v) is 0.727. The molecule has 0 atom stereocenters. The van der Waals surface area contributed by atoms with Crippen LogP contribution in [0.3, 0.4) is 0 Å². The molecule has 1 rings (SSSR count). The zero-order valence-corrected chi connectivity index (χ0v) is 8.67. The van der Waals surface area contributed by atoms with E-state index < -0.39 is 0 Å². The van der Waals surface area contributed by atoms with Crippen LogP contribution in [-0.2, 0) is 0 Å². The molecule has 1 heterocycles. The van der Waals surface area contributed by atoms with Crippen molar-refractivity contribution in [2.24, 2.45) is 0 Å². The summed E-state index contributed by atoms with van der Waals surface area (Å²) in [6, 6.07) is 0.602. The van der Waals surface area contributed by atoms with Crippen LogP contribution in [0.2, 0.25) is 0 Å². The lowest BCUT2D eigenvalue weighted by atomic mass is 10.4. The molecule has 0 fully saturated rings. The summed E-state index contributed by atoms with van der Waals surface area (Å²) in [6.07, 6.45) is 4.08. The largest absolute Gasteiger partial charge is 0.344 e. The maximum Gasteiger partial charge on any atom is 0.0379 e. The SMILES string of the molecule is C.CC.CC(C)N1CC=CN1.N.[B]. The molecule has 3 radical (unpaired) electrons. The Morgan fingerprint density at radius 2 is 1.77 bits per heavy atom. The molecule has 0 saturated heterocycles. The molecule has 0 aliphatic carbocycles. The summed E-state index contributed by atoms with van der Waals surface area (Å²) >= 11 is 0. The first-order chi connectivity index (χ1) is 4.80. The first-order valence-corrected chi connectivity index (χ1v) is 3.98. The van der Waals surface area contributed by atoms with Gasteiger partial charge in [-0.25, -0.2) is 5.01 Å². The summed E-state index contributed by atoms with van der Waals surface area (Å²) in [5, 5.41) is 2.17. The maximum atomic E-state index is 3.11. The molecule has 0 aromatic rings. The third kappa shape index (κ3) is 9.44. The summed E-state index contributed by atoms with van der Waals surface area (Å²) in [6.45, 7) is 9.37. The molecule has 1 aliphatic rings. The van der Waals surface area contributed by atoms with E-state index in [2.05, 4.69) is 30.4 Å². The van der Waals surface area contributed by atoms with Gasteiger partial charge in [0.25, 0.3) is 0 Å². The number of hydrazine groups is 1. The molecule has 0 aromatic carbocycles. The molecule has 4 N–H and O–H groups in total. The van der Waals surface area contributed by atoms with Crippen molar-refractivity contribution in [2.45, 2.75) is 41.2 Å². The van der Waals surface area contributed by atoms with E-state index in [9.17, 15) is 0 Å². The Morgan fingerprint density at radius 1 is 1.31 bits per heavy atom. The molecule has 4 heteroatoms. The van der Waals surface area contributed by atoms with Crippen molar-refractivity contribution < 1.29 is 0 Å². The van der Waals surface area contributed by atoms with Gasteiger partial charge in [-0.3, -0.25) is 0 Å². The lowest BCUT2D eigenvalue weighted by Crippen LogP contribution is -2.36. The lowest BCUT2D eigenvalue weighted by molar-refractivity contribution is 0.212. The van der Waals surface area contributed by atoms with E-state index in [0.29, 0.717) is 6.04 Å². The summed E-state index contributed by atoms with van der Waals surface area (Å²) in [5.41, 5.74) is 3.11. The average Bonchev–Trinajstić information content (AvgIpc) is 2.42. The number of nitrogens with zero attached hydrogens (tertiary/aromatic N) is 1. The van der Waals surface area contributed by atoms with Gasteiger partial charge in [-0.15, -0.1) is 0 Å². The molecule has 1 aliphatic heterocycles. The Bertz CT molecular complexity index is 97.0. The Balaban J connectivity index is -0.0000000761. The van der Waals surface area contributed by atoms with Gasteiger partial charge in [-0.2, -0.15) is 0 Å². The molecule has 0 bridgehead atoms. The highest BCUT2D eigenvalue weighted by atomic mass is 15.5. The van der Waals surface area contributed by atoms with E-state index >= 15 is 0 Å². The van der Waals surface area contributed by atoms with Crippen molar-refractivity contribution in [2.75, 3.05) is 6.54 Å². The fourth-order valence-electron chi connectivity index (χ4n) is 0.727. The van der Waals surface area contributed by atoms with Crippen LogP contribution in [0.1, 0.15) is 35.1 Å². The zero-order valence-electron chi connectivity index (χ0n) is 8.67. The van der Waals surface area contributed by atoms with Crippen molar-refractivity contribution in [1.82, 2.24) is 16.6 Å². The van der Waals surface area contributed by atoms with E-state index in [1.807, 2.05) is 20.0 Å². The molecule has 0 amide bonds. The van der Waals surface area contributed by atoms with Gasteiger partial charge >= 0.3 is 0 Å². The highest BCUT2D eigenvalue weighted by Gasteiger charge is 2.07. The second-order valence-corrected chi connectivity index (χ2v) is 2.28. The minimum absolute atomic E-state index is 0. The van der Waals surface area contributed by atoms with Crippen molar-refractivity contribution in [3.05, 3.63) is 12.3 Å². The van der Waals surface area contributed by atoms with Gasteiger partial charge < -0.3 is 11.6 Å². The summed E-state index contributed by atoms with van der Waals surface area (Å²) < 4.78 is 0. The first-order valence-electron chi connectivity index (χ1n) is 3.98. The second kappa shape index (κ2) is 14.1. The molecule has 3 nitrogen and oxygen atoms in total. The molecular formula is C9H25BN3. The molecule has 13 heavy (non-hydrogen) atoms. The van der Waals surface area contributed by atoms with Gasteiger partial charge in [0.2, 0.25) is 0 Å². The van der Waals surface area contributed by atoms with Crippen molar-refractivity contribution in [1.29, 1.82) is 0 Å². The van der Waals surface area contributed by atoms with Crippen molar-refractivity contribution in [3.63, 3.8) is 0 Å². The standard InChI is InChI=1S/C6H12N2.C2H6.CH4.B.H3N/c1-6(2)8-5-3-4-7-8;1-2;;;/h3-4,6-7H,5H2,1-2H3;1-2H3;1H4;;1H3. The third-order valence-electron chi connectivity index (χ3n) is 1.28. The highest BCUT2D eigenvalue weighted by Crippen LogP contribution is 1.97. The van der Waals surface area contributed by atoms with Gasteiger partial charge in [-0.05, 0) is 13.8 Å². The molecule has 0 unspecified atom stereocenters. The normalized spacial score (nSPS) is 12.7. The van der Waals surface area contributed by atoms with Gasteiger partial charge in [0.05, 0.1) is 0 Å². The Morgan fingerprint density at radius 3 is 1.92 bits per heavy atom. The van der Waals surface area contributed by atoms with Crippen LogP contribution >= 0.6 is 0 Å². The van der Waals surface area contributed by atoms with E-state index in [0.717, 1.165) is 6.54 Å². The van der Waals surface area contributed by atoms with Gasteiger partial charge in [0, 0.05) is 27.2 Å². The molecule has 0 aromatic heterocycles. The Labute approximate surface area is 85.7 Å². The molecule has 0 saturated carbocycles.